The molecule has 1 atom stereocenters. The molecule has 2 N–H and O–H groups in total. The number of thiophene rings is 2. The van der Waals surface area contributed by atoms with Gasteiger partial charge in [0.1, 0.15) is 0 Å². The molecule has 0 aliphatic heterocycles. The third-order valence-electron chi connectivity index (χ3n) is 2.18. The first-order valence-electron chi connectivity index (χ1n) is 4.58. The van der Waals surface area contributed by atoms with E-state index in [1.54, 1.807) is 22.7 Å². The molecule has 0 aromatic carbocycles. The van der Waals surface area contributed by atoms with Crippen molar-refractivity contribution in [3.05, 3.63) is 44.3 Å². The lowest BCUT2D eigenvalue weighted by atomic mass is 10.1. The summed E-state index contributed by atoms with van der Waals surface area (Å²) in [6.07, 6.45) is 0.952. The Bertz CT molecular complexity index is 389. The van der Waals surface area contributed by atoms with Gasteiger partial charge in [-0.25, -0.2) is 0 Å². The first-order chi connectivity index (χ1) is 6.75. The van der Waals surface area contributed by atoms with Crippen molar-refractivity contribution in [2.75, 3.05) is 0 Å². The maximum Gasteiger partial charge on any atom is 0.0352 e. The van der Waals surface area contributed by atoms with Crippen LogP contribution in [0.4, 0.5) is 0 Å². The van der Waals surface area contributed by atoms with Crippen LogP contribution in [0.3, 0.4) is 0 Å². The summed E-state index contributed by atoms with van der Waals surface area (Å²) in [5.41, 5.74) is 7.38. The highest BCUT2D eigenvalue weighted by atomic mass is 32.1. The van der Waals surface area contributed by atoms with E-state index in [2.05, 4.69) is 35.9 Å². The fourth-order valence-corrected chi connectivity index (χ4v) is 2.96. The zero-order chi connectivity index (χ0) is 9.97. The predicted octanol–water partition coefficient (Wildman–Crippen LogP) is 3.36. The van der Waals surface area contributed by atoms with Gasteiger partial charge in [0.25, 0.3) is 0 Å². The summed E-state index contributed by atoms with van der Waals surface area (Å²) in [7, 11) is 0. The second-order valence-electron chi connectivity index (χ2n) is 3.38. The van der Waals surface area contributed by atoms with E-state index in [0.717, 1.165) is 6.42 Å². The van der Waals surface area contributed by atoms with Crippen LogP contribution in [0.1, 0.15) is 21.4 Å². The Morgan fingerprint density at radius 1 is 1.43 bits per heavy atom. The molecule has 0 aliphatic rings. The molecule has 1 unspecified atom stereocenters. The van der Waals surface area contributed by atoms with Crippen LogP contribution in [0.2, 0.25) is 0 Å². The molecular formula is C11H13NS2. The zero-order valence-corrected chi connectivity index (χ0v) is 9.70. The van der Waals surface area contributed by atoms with Gasteiger partial charge >= 0.3 is 0 Å². The molecule has 0 aliphatic carbocycles. The van der Waals surface area contributed by atoms with Gasteiger partial charge in [-0.15, -0.1) is 22.7 Å². The molecule has 2 heterocycles. The van der Waals surface area contributed by atoms with Crippen molar-refractivity contribution in [3.63, 3.8) is 0 Å². The van der Waals surface area contributed by atoms with Gasteiger partial charge in [0.05, 0.1) is 0 Å². The Kier molecular flexibility index (Phi) is 3.01. The van der Waals surface area contributed by atoms with E-state index in [9.17, 15) is 0 Å². The van der Waals surface area contributed by atoms with E-state index in [1.807, 2.05) is 0 Å². The van der Waals surface area contributed by atoms with Crippen molar-refractivity contribution < 1.29 is 0 Å². The van der Waals surface area contributed by atoms with Gasteiger partial charge in [0, 0.05) is 22.2 Å². The summed E-state index contributed by atoms with van der Waals surface area (Å²) >= 11 is 3.54. The molecule has 0 saturated heterocycles. The van der Waals surface area contributed by atoms with Crippen molar-refractivity contribution in [1.82, 2.24) is 0 Å². The smallest absolute Gasteiger partial charge is 0.0352 e. The van der Waals surface area contributed by atoms with Crippen LogP contribution in [0.25, 0.3) is 0 Å². The van der Waals surface area contributed by atoms with Crippen LogP contribution in [0.5, 0.6) is 0 Å². The van der Waals surface area contributed by atoms with Crippen LogP contribution in [0, 0.1) is 6.92 Å². The molecule has 2 aromatic heterocycles. The van der Waals surface area contributed by atoms with Crippen LogP contribution < -0.4 is 5.73 Å². The Morgan fingerprint density at radius 3 is 2.86 bits per heavy atom. The Balaban J connectivity index is 2.06. The number of hydrogen-bond donors (Lipinski definition) is 1. The van der Waals surface area contributed by atoms with Gasteiger partial charge in [0.2, 0.25) is 0 Å². The van der Waals surface area contributed by atoms with E-state index in [0.29, 0.717) is 0 Å². The van der Waals surface area contributed by atoms with Gasteiger partial charge in [-0.3, -0.25) is 0 Å². The lowest BCUT2D eigenvalue weighted by molar-refractivity contribution is 0.733. The van der Waals surface area contributed by atoms with Crippen LogP contribution in [-0.4, -0.2) is 0 Å². The van der Waals surface area contributed by atoms with Crippen LogP contribution in [0.15, 0.2) is 29.0 Å². The standard InChI is InChI=1S/C11H13NS2/c1-8-5-9(7-14-8)11(12)6-10-3-2-4-13-10/h2-5,7,11H,6,12H2,1H3. The van der Waals surface area contributed by atoms with E-state index < -0.39 is 0 Å². The lowest BCUT2D eigenvalue weighted by Crippen LogP contribution is -2.11. The third kappa shape index (κ3) is 2.23. The van der Waals surface area contributed by atoms with Gasteiger partial charge in [-0.05, 0) is 35.4 Å². The highest BCUT2D eigenvalue weighted by molar-refractivity contribution is 7.10. The van der Waals surface area contributed by atoms with Gasteiger partial charge in [-0.1, -0.05) is 6.07 Å². The minimum absolute atomic E-state index is 0.151. The minimum Gasteiger partial charge on any atom is -0.324 e. The van der Waals surface area contributed by atoms with Crippen LogP contribution >= 0.6 is 22.7 Å². The van der Waals surface area contributed by atoms with Crippen molar-refractivity contribution in [2.45, 2.75) is 19.4 Å². The van der Waals surface area contributed by atoms with E-state index in [4.69, 9.17) is 5.73 Å². The molecule has 74 valence electrons. The highest BCUT2D eigenvalue weighted by Crippen LogP contribution is 2.23. The summed E-state index contributed by atoms with van der Waals surface area (Å²) in [5.74, 6) is 0. The number of nitrogens with two attached hydrogens (primary N) is 1. The molecule has 0 spiro atoms. The first-order valence-corrected chi connectivity index (χ1v) is 6.34. The van der Waals surface area contributed by atoms with Gasteiger partial charge in [-0.2, -0.15) is 0 Å². The number of aryl methyl sites for hydroxylation is 1. The fourth-order valence-electron chi connectivity index (χ4n) is 1.42. The quantitative estimate of drug-likeness (QED) is 0.848. The van der Waals surface area contributed by atoms with Crippen molar-refractivity contribution in [3.8, 4) is 0 Å². The SMILES string of the molecule is Cc1cc(C(N)Cc2cccs2)cs1. The van der Waals surface area contributed by atoms with E-state index >= 15 is 0 Å². The molecule has 0 saturated carbocycles. The second-order valence-corrected chi connectivity index (χ2v) is 5.53. The molecule has 14 heavy (non-hydrogen) atoms. The van der Waals surface area contributed by atoms with Gasteiger partial charge < -0.3 is 5.73 Å². The molecule has 0 fully saturated rings. The second kappa shape index (κ2) is 4.26. The summed E-state index contributed by atoms with van der Waals surface area (Å²) in [4.78, 5) is 2.70. The van der Waals surface area contributed by atoms with Crippen LogP contribution in [-0.2, 0) is 6.42 Å². The van der Waals surface area contributed by atoms with E-state index in [-0.39, 0.29) is 6.04 Å². The third-order valence-corrected chi connectivity index (χ3v) is 3.96. The molecule has 1 nitrogen and oxygen atoms in total. The zero-order valence-electron chi connectivity index (χ0n) is 8.07. The molecule has 0 radical (unpaired) electrons. The average Bonchev–Trinajstić information content (AvgIpc) is 2.75. The predicted molar refractivity (Wildman–Crippen MR) is 64.0 cm³/mol. The topological polar surface area (TPSA) is 26.0 Å². The Labute approximate surface area is 92.2 Å². The normalized spacial score (nSPS) is 13.0. The average molecular weight is 223 g/mol. The maximum atomic E-state index is 6.11. The summed E-state index contributed by atoms with van der Waals surface area (Å²) in [6.45, 7) is 2.12. The fraction of sp³-hybridized carbons (Fsp3) is 0.273. The lowest BCUT2D eigenvalue weighted by Gasteiger charge is -2.07. The Morgan fingerprint density at radius 2 is 2.29 bits per heavy atom. The van der Waals surface area contributed by atoms with Crippen molar-refractivity contribution in [2.24, 2.45) is 5.73 Å². The van der Waals surface area contributed by atoms with Crippen molar-refractivity contribution >= 4 is 22.7 Å². The number of hydrogen-bond acceptors (Lipinski definition) is 3. The number of rotatable bonds is 3. The van der Waals surface area contributed by atoms with Crippen molar-refractivity contribution in [1.29, 1.82) is 0 Å². The summed E-state index contributed by atoms with van der Waals surface area (Å²) in [5, 5.41) is 4.26. The minimum atomic E-state index is 0.151. The molecular weight excluding hydrogens is 210 g/mol. The largest absolute Gasteiger partial charge is 0.324 e. The Hall–Kier alpha value is -0.640. The molecule has 0 amide bonds. The first kappa shape index (κ1) is 9.90. The molecule has 2 rings (SSSR count). The van der Waals surface area contributed by atoms with Gasteiger partial charge in [0.15, 0.2) is 0 Å². The maximum absolute atomic E-state index is 6.11. The summed E-state index contributed by atoms with van der Waals surface area (Å²) in [6, 6.07) is 6.55. The molecule has 3 heteroatoms. The monoisotopic (exact) mass is 223 g/mol. The summed E-state index contributed by atoms with van der Waals surface area (Å²) < 4.78 is 0. The highest BCUT2D eigenvalue weighted by Gasteiger charge is 2.08. The molecule has 0 bridgehead atoms. The molecule has 2 aromatic rings. The van der Waals surface area contributed by atoms with E-state index in [1.165, 1.54) is 15.3 Å².